The molecule has 6 aromatic rings. The maximum Gasteiger partial charge on any atom is 0.315 e. The molecule has 0 bridgehead atoms. The molecule has 6 aliphatic rings. The van der Waals surface area contributed by atoms with Crippen LogP contribution in [-0.4, -0.2) is 206 Å². The first kappa shape index (κ1) is 88.1. The molecule has 1 aliphatic carbocycles. The van der Waals surface area contributed by atoms with Crippen molar-refractivity contribution in [1.82, 2.24) is 30.9 Å². The van der Waals surface area contributed by atoms with Gasteiger partial charge in [-0.1, -0.05) is 133 Å². The van der Waals surface area contributed by atoms with Crippen LogP contribution in [0.15, 0.2) is 154 Å². The second kappa shape index (κ2) is 39.8. The minimum Gasteiger partial charge on any atom is -0.463 e. The second-order valence-corrected chi connectivity index (χ2v) is 38.3. The van der Waals surface area contributed by atoms with Crippen LogP contribution in [-0.2, 0) is 67.2 Å². The van der Waals surface area contributed by atoms with Gasteiger partial charge in [0.15, 0.2) is 12.0 Å². The number of aromatic nitrogens is 3. The minimum atomic E-state index is -4.14. The summed E-state index contributed by atoms with van der Waals surface area (Å²) in [6, 6.07) is 32.8. The number of anilines is 2. The van der Waals surface area contributed by atoms with Gasteiger partial charge >= 0.3 is 12.0 Å². The predicted octanol–water partition coefficient (Wildman–Crippen LogP) is 12.8. The first-order chi connectivity index (χ1) is 55.6. The van der Waals surface area contributed by atoms with Crippen LogP contribution in [0, 0.1) is 11.3 Å². The lowest BCUT2D eigenvalue weighted by atomic mass is 9.78. The van der Waals surface area contributed by atoms with E-state index in [2.05, 4.69) is 189 Å². The molecule has 5 aliphatic heterocycles. The average molecular weight is 1720 g/mol. The summed E-state index contributed by atoms with van der Waals surface area (Å²) in [5.74, 6) is -0.901. The number of amides is 3. The van der Waals surface area contributed by atoms with Crippen molar-refractivity contribution < 1.29 is 76.1 Å². The van der Waals surface area contributed by atoms with Gasteiger partial charge in [-0.25, -0.2) is 9.48 Å². The number of hydrogen-bond acceptors (Lipinski definition) is 20. The van der Waals surface area contributed by atoms with Crippen molar-refractivity contribution in [3.05, 3.63) is 166 Å². The molecule has 5 aromatic carbocycles. The first-order valence-corrected chi connectivity index (χ1v) is 45.4. The average Bonchev–Trinajstić information content (AvgIpc) is 1.57. The highest BCUT2D eigenvalue weighted by Gasteiger charge is 2.48. The van der Waals surface area contributed by atoms with Gasteiger partial charge in [-0.3, -0.25) is 18.9 Å². The number of hydrogen-bond donors (Lipinski definition) is 9. The van der Waals surface area contributed by atoms with E-state index in [0.717, 1.165) is 101 Å². The number of allylic oxidation sites excluding steroid dienone is 7. The summed E-state index contributed by atoms with van der Waals surface area (Å²) in [6.07, 6.45) is 15.2. The van der Waals surface area contributed by atoms with Crippen LogP contribution < -0.4 is 26.2 Å². The number of unbranched alkanes of at least 4 members (excludes halogenated alkanes) is 3. The van der Waals surface area contributed by atoms with E-state index in [4.69, 9.17) is 18.9 Å². The third-order valence-electron chi connectivity index (χ3n) is 23.4. The van der Waals surface area contributed by atoms with Crippen LogP contribution in [0.1, 0.15) is 155 Å². The number of benzene rings is 5. The summed E-state index contributed by atoms with van der Waals surface area (Å²) in [5, 5.41) is 68.0. The largest absolute Gasteiger partial charge is 0.463 e. The minimum absolute atomic E-state index is 0.0479. The van der Waals surface area contributed by atoms with Gasteiger partial charge in [-0.2, -0.15) is 24.8 Å². The number of nitrogens with one attached hydrogen (secondary N) is 4. The molecular formula is C88H115BrN9O15S3+. The van der Waals surface area contributed by atoms with Crippen LogP contribution in [0.25, 0.3) is 21.5 Å². The number of halogens is 1. The quantitative estimate of drug-likeness (QED) is 0.00430. The number of thioether (sulfide) groups is 2. The molecule has 626 valence electrons. The van der Waals surface area contributed by atoms with Crippen molar-refractivity contribution in [3.63, 3.8) is 0 Å². The molecule has 116 heavy (non-hydrogen) atoms. The van der Waals surface area contributed by atoms with Crippen molar-refractivity contribution in [1.29, 1.82) is 0 Å². The molecule has 6 heterocycles. The number of carbonyl (C=O) groups is 4. The van der Waals surface area contributed by atoms with Gasteiger partial charge in [-0.05, 0) is 173 Å². The third kappa shape index (κ3) is 21.7. The number of aryl methyl sites for hydroxylation is 1. The molecule has 7 unspecified atom stereocenters. The van der Waals surface area contributed by atoms with E-state index in [-0.39, 0.29) is 86.8 Å². The summed E-state index contributed by atoms with van der Waals surface area (Å²) in [7, 11) is -4.14. The van der Waals surface area contributed by atoms with E-state index in [9.17, 15) is 52.6 Å². The molecule has 24 nitrogen and oxygen atoms in total. The van der Waals surface area contributed by atoms with Crippen LogP contribution in [0.2, 0.25) is 0 Å². The number of rotatable bonds is 41. The summed E-state index contributed by atoms with van der Waals surface area (Å²) in [6.45, 7) is 17.2. The molecule has 10 atom stereocenters. The van der Waals surface area contributed by atoms with Crippen LogP contribution in [0.4, 0.5) is 21.9 Å². The first-order valence-electron chi connectivity index (χ1n) is 41.1. The van der Waals surface area contributed by atoms with Crippen LogP contribution in [0.3, 0.4) is 0 Å². The SMILES string of the molecule is CCCCN1/C(=C/C=C2\CCCC(/C=C/C3=[N+](CCCCS(=O)(=O)O)c4ccc5ccccc5c4C3(C)C)=C2Sc2ccc(NC(=O)C(CC(Br)CNC3[C@@H](O)[C@H](O)C(CO)O[C@@H]3O)CC(C)(C)C(=O)OCCOCCOCCn3cc(CCC(=O)CCCCC4SCC5NC(=O)NC54)nn3)cc2)C(C)(C)c2c1ccc1ccccc21. The topological polar surface area (TPSA) is 326 Å². The highest BCUT2D eigenvalue weighted by Crippen LogP contribution is 2.52. The molecular weight excluding hydrogens is 1600 g/mol. The fourth-order valence-corrected chi connectivity index (χ4v) is 21.1. The Balaban J connectivity index is 0.717. The van der Waals surface area contributed by atoms with Crippen LogP contribution in [0.5, 0.6) is 0 Å². The number of ether oxygens (including phenoxy) is 4. The molecule has 3 saturated heterocycles. The van der Waals surface area contributed by atoms with E-state index in [0.29, 0.717) is 62.7 Å². The zero-order valence-corrected chi connectivity index (χ0v) is 71.7. The maximum absolute atomic E-state index is 14.9. The zero-order valence-electron chi connectivity index (χ0n) is 67.6. The van der Waals surface area contributed by atoms with Gasteiger partial charge in [0.25, 0.3) is 10.1 Å². The Morgan fingerprint density at radius 2 is 1.56 bits per heavy atom. The highest BCUT2D eigenvalue weighted by molar-refractivity contribution is 9.09. The lowest BCUT2D eigenvalue weighted by Gasteiger charge is -2.40. The summed E-state index contributed by atoms with van der Waals surface area (Å²) in [5.41, 5.74) is 8.83. The summed E-state index contributed by atoms with van der Waals surface area (Å²) in [4.78, 5) is 57.5. The molecule has 3 fully saturated rings. The Morgan fingerprint density at radius 3 is 2.30 bits per heavy atom. The monoisotopic (exact) mass is 1710 g/mol. The van der Waals surface area contributed by atoms with E-state index in [1.807, 2.05) is 42.2 Å². The number of aliphatic hydroxyl groups excluding tert-OH is 4. The smallest absolute Gasteiger partial charge is 0.315 e. The lowest BCUT2D eigenvalue weighted by molar-refractivity contribution is -0.438. The molecule has 28 heteroatoms. The van der Waals surface area contributed by atoms with E-state index in [1.54, 1.807) is 30.3 Å². The Kier molecular flexibility index (Phi) is 30.2. The van der Waals surface area contributed by atoms with Crippen molar-refractivity contribution in [2.75, 3.05) is 81.0 Å². The Labute approximate surface area is 698 Å². The normalized spacial score (nSPS) is 23.0. The third-order valence-corrected chi connectivity index (χ3v) is 27.6. The summed E-state index contributed by atoms with van der Waals surface area (Å²) >= 11 is 7.31. The van der Waals surface area contributed by atoms with Gasteiger partial charge in [0.2, 0.25) is 11.6 Å². The summed E-state index contributed by atoms with van der Waals surface area (Å²) < 4.78 is 60.4. The molecule has 3 amide bonds. The Bertz CT molecular complexity index is 4760. The van der Waals surface area contributed by atoms with Crippen LogP contribution >= 0.6 is 39.5 Å². The van der Waals surface area contributed by atoms with Gasteiger partial charge in [-0.15, -0.1) is 5.10 Å². The number of urea groups is 1. The number of fused-ring (bicyclic) bond motifs is 7. The molecule has 12 rings (SSSR count). The number of esters is 1. The van der Waals surface area contributed by atoms with Gasteiger partial charge in [0.05, 0.1) is 80.0 Å². The molecule has 0 saturated carbocycles. The van der Waals surface area contributed by atoms with Crippen molar-refractivity contribution in [2.45, 2.75) is 220 Å². The number of carbonyl (C=O) groups excluding carboxylic acids is 4. The molecule has 0 spiro atoms. The number of Topliss-reactive ketones (excluding diaryl/α,β-unsaturated/α-hetero) is 1. The number of ketones is 1. The van der Waals surface area contributed by atoms with Gasteiger partial charge < -0.3 is 65.5 Å². The van der Waals surface area contributed by atoms with Gasteiger partial charge in [0.1, 0.15) is 37.2 Å². The predicted molar refractivity (Wildman–Crippen MR) is 460 cm³/mol. The number of alkyl halides is 1. The Morgan fingerprint density at radius 1 is 0.836 bits per heavy atom. The fourth-order valence-electron chi connectivity index (χ4n) is 17.2. The lowest BCUT2D eigenvalue weighted by Crippen LogP contribution is -2.63. The highest BCUT2D eigenvalue weighted by atomic mass is 79.9. The van der Waals surface area contributed by atoms with E-state index < -0.39 is 74.9 Å². The fraction of sp³-hybridized carbons (Fsp3) is 0.534. The van der Waals surface area contributed by atoms with E-state index >= 15 is 0 Å². The molecule has 9 N–H and O–H groups in total. The standard InChI is InChI=1S/C88H114BrN9O15S3/c1-8-9-41-97-69-37-27-56-19-10-13-24-66(56)75(69)87(4,5)73(97)39-29-58-21-18-22-59(30-40-74-88(6,7)76-67-25-14-11-20-57(67)28-38-70(76)98(74)42-16-17-49-116(107,108)109)81(58)115-65-35-32-62(33-36-65)91-82(103)60(50-61(89)52-90-78-80(102)79(101)71(54-99)113-83(78)104)51-86(2,3)84(105)112-48-47-111-46-45-110-44-43-96-53-63(94-95-96)31-34-64(100)23-12-15-26-72-77-68(55-114-72)92-85(106)93-77/h10-11,13-14,19-20,24-25,27-30,32-33,35-40,53,60-61,68,71-72,77-80,83,90,99,101-102,104H,8-9,12,15-18,21-23,26,31,34,41-52,54-55H2,1-7H3,(H3-,91,92,93,103,106,107,108,109)/p+1/t60?,61?,68?,71?,72?,77?,78?,79-,80-,83+/m1/s1. The zero-order chi connectivity index (χ0) is 82.5. The van der Waals surface area contributed by atoms with Gasteiger partial charge in [0, 0.05) is 110 Å². The molecule has 0 radical (unpaired) electrons. The Hall–Kier alpha value is -7.16. The van der Waals surface area contributed by atoms with E-state index in [1.165, 1.54) is 44.4 Å². The number of aliphatic hydroxyl groups is 4. The number of nitrogens with zero attached hydrogens (tertiary/aromatic N) is 5. The second-order valence-electron chi connectivity index (χ2n) is 33.1. The van der Waals surface area contributed by atoms with Crippen molar-refractivity contribution in [2.24, 2.45) is 11.3 Å². The van der Waals surface area contributed by atoms with Crippen molar-refractivity contribution >= 4 is 118 Å². The van der Waals surface area contributed by atoms with Crippen molar-refractivity contribution in [3.8, 4) is 0 Å². The molecule has 1 aromatic heterocycles. The maximum atomic E-state index is 14.9.